The molecule has 0 aliphatic rings. The Hall–Kier alpha value is -3.52. The number of rotatable bonds is 8. The lowest BCUT2D eigenvalue weighted by molar-refractivity contribution is -0.128. The molecule has 2 N–H and O–H groups in total. The molecule has 0 aliphatic heterocycles. The number of aromatic nitrogens is 1. The fourth-order valence-electron chi connectivity index (χ4n) is 3.66. The van der Waals surface area contributed by atoms with Crippen molar-refractivity contribution in [2.75, 3.05) is 10.2 Å². The van der Waals surface area contributed by atoms with Crippen molar-refractivity contribution in [3.63, 3.8) is 0 Å². The fraction of sp³-hybridized carbons (Fsp3) is 0.333. The van der Waals surface area contributed by atoms with Gasteiger partial charge in [-0.15, -0.1) is 11.3 Å². The molecule has 0 fully saturated rings. The van der Waals surface area contributed by atoms with Crippen LogP contribution >= 0.6 is 11.3 Å². The number of aryl methyl sites for hydroxylation is 2. The second kappa shape index (κ2) is 11.3. The van der Waals surface area contributed by atoms with Gasteiger partial charge in [0.25, 0.3) is 0 Å². The minimum atomic E-state index is -0.898. The minimum absolute atomic E-state index is 0.0255. The number of anilines is 2. The third-order valence-corrected chi connectivity index (χ3v) is 5.97. The molecule has 0 unspecified atom stereocenters. The van der Waals surface area contributed by atoms with E-state index in [1.54, 1.807) is 11.6 Å². The van der Waals surface area contributed by atoms with Gasteiger partial charge < -0.3 is 10.6 Å². The SMILES string of the molecule is Cc1ccc([C@@H](C(=O)NC(C)(C)C)N(C(=O)CCC(=O)Nc2nccs2)c2ccccc2C)cc1. The second-order valence-electron chi connectivity index (χ2n) is 9.49. The smallest absolute Gasteiger partial charge is 0.248 e. The Bertz CT molecular complexity index is 1170. The van der Waals surface area contributed by atoms with E-state index in [-0.39, 0.29) is 30.6 Å². The minimum Gasteiger partial charge on any atom is -0.349 e. The molecule has 0 aliphatic carbocycles. The van der Waals surface area contributed by atoms with E-state index in [2.05, 4.69) is 15.6 Å². The average molecular weight is 493 g/mol. The van der Waals surface area contributed by atoms with E-state index >= 15 is 0 Å². The van der Waals surface area contributed by atoms with Crippen LogP contribution in [0.2, 0.25) is 0 Å². The quantitative estimate of drug-likeness (QED) is 0.454. The number of hydrogen-bond acceptors (Lipinski definition) is 5. The van der Waals surface area contributed by atoms with E-state index in [0.29, 0.717) is 16.4 Å². The van der Waals surface area contributed by atoms with Crippen LogP contribution in [0.5, 0.6) is 0 Å². The van der Waals surface area contributed by atoms with E-state index in [4.69, 9.17) is 0 Å². The second-order valence-corrected chi connectivity index (χ2v) is 10.4. The van der Waals surface area contributed by atoms with Gasteiger partial charge in [-0.05, 0) is 51.8 Å². The fourth-order valence-corrected chi connectivity index (χ4v) is 4.21. The highest BCUT2D eigenvalue weighted by Gasteiger charge is 2.35. The zero-order chi connectivity index (χ0) is 25.6. The van der Waals surface area contributed by atoms with Crippen LogP contribution in [0.4, 0.5) is 10.8 Å². The molecule has 1 aromatic heterocycles. The normalized spacial score (nSPS) is 12.0. The Balaban J connectivity index is 1.97. The number of para-hydroxylation sites is 1. The first-order valence-electron chi connectivity index (χ1n) is 11.5. The van der Waals surface area contributed by atoms with Crippen LogP contribution in [-0.4, -0.2) is 28.2 Å². The van der Waals surface area contributed by atoms with Crippen LogP contribution in [0.25, 0.3) is 0 Å². The van der Waals surface area contributed by atoms with Crippen molar-refractivity contribution in [1.29, 1.82) is 0 Å². The predicted octanol–water partition coefficient (Wildman–Crippen LogP) is 5.17. The Morgan fingerprint density at radius 2 is 1.69 bits per heavy atom. The van der Waals surface area contributed by atoms with Gasteiger partial charge in [0, 0.05) is 35.6 Å². The number of thiazole rings is 1. The van der Waals surface area contributed by atoms with E-state index in [1.807, 2.05) is 83.1 Å². The maximum Gasteiger partial charge on any atom is 0.248 e. The molecule has 0 saturated carbocycles. The maximum atomic E-state index is 13.7. The molecule has 0 bridgehead atoms. The first kappa shape index (κ1) is 26.1. The molecule has 1 atom stereocenters. The van der Waals surface area contributed by atoms with Crippen molar-refractivity contribution in [1.82, 2.24) is 10.3 Å². The monoisotopic (exact) mass is 492 g/mol. The topological polar surface area (TPSA) is 91.4 Å². The van der Waals surface area contributed by atoms with E-state index in [0.717, 1.165) is 11.1 Å². The van der Waals surface area contributed by atoms with Crippen molar-refractivity contribution < 1.29 is 14.4 Å². The van der Waals surface area contributed by atoms with Crippen molar-refractivity contribution in [3.8, 4) is 0 Å². The number of carbonyl (C=O) groups is 3. The summed E-state index contributed by atoms with van der Waals surface area (Å²) in [5.41, 5.74) is 2.74. The molecule has 0 saturated heterocycles. The highest BCUT2D eigenvalue weighted by molar-refractivity contribution is 7.13. The average Bonchev–Trinajstić information content (AvgIpc) is 3.29. The van der Waals surface area contributed by atoms with Crippen LogP contribution in [0.1, 0.15) is 56.3 Å². The Kier molecular flexibility index (Phi) is 8.40. The molecular weight excluding hydrogens is 460 g/mol. The van der Waals surface area contributed by atoms with E-state index < -0.39 is 11.6 Å². The third kappa shape index (κ3) is 7.23. The summed E-state index contributed by atoms with van der Waals surface area (Å²) in [7, 11) is 0. The molecular formula is C27H32N4O3S. The standard InChI is InChI=1S/C27H32N4O3S/c1-18-10-12-20(13-11-18)24(25(34)30-27(3,4)5)31(21-9-7-6-8-19(21)2)23(33)15-14-22(32)29-26-28-16-17-35-26/h6-13,16-17,24H,14-15H2,1-5H3,(H,30,34)(H,28,29,32)/t24-/m0/s1. The van der Waals surface area contributed by atoms with Crippen LogP contribution in [0, 0.1) is 13.8 Å². The largest absolute Gasteiger partial charge is 0.349 e. The van der Waals surface area contributed by atoms with Gasteiger partial charge in [-0.2, -0.15) is 0 Å². The number of carbonyl (C=O) groups excluding carboxylic acids is 3. The first-order valence-corrected chi connectivity index (χ1v) is 12.4. The summed E-state index contributed by atoms with van der Waals surface area (Å²) < 4.78 is 0. The maximum absolute atomic E-state index is 13.7. The van der Waals surface area contributed by atoms with Crippen LogP contribution in [0.15, 0.2) is 60.1 Å². The molecule has 7 nitrogen and oxygen atoms in total. The number of benzene rings is 2. The van der Waals surface area contributed by atoms with Gasteiger partial charge in [0.05, 0.1) is 0 Å². The number of nitrogens with zero attached hydrogens (tertiary/aromatic N) is 2. The molecule has 2 aromatic carbocycles. The Labute approximate surface area is 210 Å². The molecule has 3 aromatic rings. The highest BCUT2D eigenvalue weighted by Crippen LogP contribution is 2.32. The summed E-state index contributed by atoms with van der Waals surface area (Å²) in [6, 6.07) is 14.2. The van der Waals surface area contributed by atoms with E-state index in [9.17, 15) is 14.4 Å². The Morgan fingerprint density at radius 1 is 1.00 bits per heavy atom. The van der Waals surface area contributed by atoms with Crippen LogP contribution in [-0.2, 0) is 14.4 Å². The Morgan fingerprint density at radius 3 is 2.29 bits per heavy atom. The molecule has 0 radical (unpaired) electrons. The molecule has 35 heavy (non-hydrogen) atoms. The van der Waals surface area contributed by atoms with Crippen molar-refractivity contribution in [2.24, 2.45) is 0 Å². The van der Waals surface area contributed by atoms with Crippen LogP contribution in [0.3, 0.4) is 0 Å². The summed E-state index contributed by atoms with van der Waals surface area (Å²) in [5, 5.41) is 7.99. The molecule has 8 heteroatoms. The predicted molar refractivity (Wildman–Crippen MR) is 140 cm³/mol. The lowest BCUT2D eigenvalue weighted by Crippen LogP contribution is -2.49. The molecule has 1 heterocycles. The summed E-state index contributed by atoms with van der Waals surface area (Å²) in [4.78, 5) is 45.4. The summed E-state index contributed by atoms with van der Waals surface area (Å²) in [5.74, 6) is -0.905. The first-order chi connectivity index (χ1) is 16.5. The van der Waals surface area contributed by atoms with Gasteiger partial charge in [0.1, 0.15) is 6.04 Å². The van der Waals surface area contributed by atoms with Gasteiger partial charge in [-0.25, -0.2) is 4.98 Å². The third-order valence-electron chi connectivity index (χ3n) is 5.29. The molecule has 184 valence electrons. The van der Waals surface area contributed by atoms with E-state index in [1.165, 1.54) is 16.2 Å². The zero-order valence-electron chi connectivity index (χ0n) is 20.8. The lowest BCUT2D eigenvalue weighted by atomic mass is 9.98. The number of nitrogens with one attached hydrogen (secondary N) is 2. The van der Waals surface area contributed by atoms with Gasteiger partial charge in [0.2, 0.25) is 17.7 Å². The van der Waals surface area contributed by atoms with Crippen molar-refractivity contribution >= 4 is 39.9 Å². The van der Waals surface area contributed by atoms with Gasteiger partial charge in [-0.1, -0.05) is 48.0 Å². The summed E-state index contributed by atoms with van der Waals surface area (Å²) >= 11 is 1.31. The molecule has 0 spiro atoms. The number of hydrogen-bond donors (Lipinski definition) is 2. The summed E-state index contributed by atoms with van der Waals surface area (Å²) in [6.45, 7) is 9.58. The molecule has 3 amide bonds. The van der Waals surface area contributed by atoms with Gasteiger partial charge >= 0.3 is 0 Å². The lowest BCUT2D eigenvalue weighted by Gasteiger charge is -2.34. The highest BCUT2D eigenvalue weighted by atomic mass is 32.1. The van der Waals surface area contributed by atoms with Crippen molar-refractivity contribution in [3.05, 3.63) is 76.8 Å². The van der Waals surface area contributed by atoms with Gasteiger partial charge in [-0.3, -0.25) is 19.3 Å². The zero-order valence-corrected chi connectivity index (χ0v) is 21.6. The van der Waals surface area contributed by atoms with Crippen molar-refractivity contribution in [2.45, 2.75) is 59.0 Å². The molecule has 3 rings (SSSR count). The number of amides is 3. The van der Waals surface area contributed by atoms with Crippen LogP contribution < -0.4 is 15.5 Å². The van der Waals surface area contributed by atoms with Gasteiger partial charge in [0.15, 0.2) is 5.13 Å². The summed E-state index contributed by atoms with van der Waals surface area (Å²) in [6.07, 6.45) is 1.52.